The highest BCUT2D eigenvalue weighted by atomic mass is 35.5. The van der Waals surface area contributed by atoms with Gasteiger partial charge in [0.2, 0.25) is 0 Å². The van der Waals surface area contributed by atoms with Crippen molar-refractivity contribution in [2.75, 3.05) is 12.4 Å². The summed E-state index contributed by atoms with van der Waals surface area (Å²) in [6.45, 7) is 0. The van der Waals surface area contributed by atoms with Crippen molar-refractivity contribution in [3.8, 4) is 17.0 Å². The van der Waals surface area contributed by atoms with Crippen LogP contribution in [0.4, 0.5) is 10.8 Å². The van der Waals surface area contributed by atoms with Crippen molar-refractivity contribution < 1.29 is 4.74 Å². The van der Waals surface area contributed by atoms with Gasteiger partial charge in [0.15, 0.2) is 5.13 Å². The monoisotopic (exact) mass is 350 g/mol. The fraction of sp³-hybridized carbons (Fsp3) is 0.0625. The van der Waals surface area contributed by atoms with E-state index in [1.165, 1.54) is 11.3 Å². The van der Waals surface area contributed by atoms with E-state index in [1.807, 2.05) is 41.8 Å². The third-order valence-electron chi connectivity index (χ3n) is 3.07. The van der Waals surface area contributed by atoms with Crippen LogP contribution in [0, 0.1) is 0 Å². The van der Waals surface area contributed by atoms with Crippen LogP contribution in [-0.4, -0.2) is 12.1 Å². The molecular formula is C16H12Cl2N2OS. The molecule has 0 radical (unpaired) electrons. The van der Waals surface area contributed by atoms with E-state index in [9.17, 15) is 0 Å². The number of halogens is 2. The van der Waals surface area contributed by atoms with E-state index in [0.717, 1.165) is 27.8 Å². The quantitative estimate of drug-likeness (QED) is 0.638. The van der Waals surface area contributed by atoms with E-state index in [1.54, 1.807) is 13.2 Å². The first-order valence-corrected chi connectivity index (χ1v) is 8.12. The summed E-state index contributed by atoms with van der Waals surface area (Å²) in [7, 11) is 1.64. The summed E-state index contributed by atoms with van der Waals surface area (Å²) in [4.78, 5) is 4.57. The van der Waals surface area contributed by atoms with Crippen LogP contribution in [0.15, 0.2) is 47.8 Å². The Balaban J connectivity index is 1.86. The van der Waals surface area contributed by atoms with Gasteiger partial charge in [-0.1, -0.05) is 41.4 Å². The lowest BCUT2D eigenvalue weighted by Crippen LogP contribution is -1.93. The number of hydrogen-bond acceptors (Lipinski definition) is 4. The van der Waals surface area contributed by atoms with Gasteiger partial charge >= 0.3 is 0 Å². The molecule has 3 rings (SSSR count). The first kappa shape index (κ1) is 15.2. The summed E-state index contributed by atoms with van der Waals surface area (Å²) in [5.41, 5.74) is 2.65. The fourth-order valence-corrected chi connectivity index (χ4v) is 3.01. The Kier molecular flexibility index (Phi) is 4.52. The van der Waals surface area contributed by atoms with Gasteiger partial charge in [0.1, 0.15) is 5.75 Å². The van der Waals surface area contributed by atoms with Gasteiger partial charge in [-0.2, -0.15) is 0 Å². The molecule has 0 saturated carbocycles. The summed E-state index contributed by atoms with van der Waals surface area (Å²) in [6, 6.07) is 13.2. The van der Waals surface area contributed by atoms with Gasteiger partial charge in [-0.25, -0.2) is 4.98 Å². The van der Waals surface area contributed by atoms with Crippen LogP contribution in [-0.2, 0) is 0 Å². The molecule has 0 aliphatic heterocycles. The van der Waals surface area contributed by atoms with Crippen molar-refractivity contribution in [2.24, 2.45) is 0 Å². The average molecular weight is 351 g/mol. The maximum absolute atomic E-state index is 6.05. The molecule has 0 saturated heterocycles. The maximum atomic E-state index is 6.05. The fourth-order valence-electron chi connectivity index (χ4n) is 1.98. The number of nitrogens with one attached hydrogen (secondary N) is 1. The van der Waals surface area contributed by atoms with Crippen LogP contribution in [0.3, 0.4) is 0 Å². The molecule has 0 amide bonds. The highest BCUT2D eigenvalue weighted by Gasteiger charge is 2.08. The van der Waals surface area contributed by atoms with E-state index in [4.69, 9.17) is 27.9 Å². The highest BCUT2D eigenvalue weighted by molar-refractivity contribution is 7.14. The molecule has 6 heteroatoms. The van der Waals surface area contributed by atoms with E-state index >= 15 is 0 Å². The minimum atomic E-state index is 0.520. The van der Waals surface area contributed by atoms with E-state index < -0.39 is 0 Å². The van der Waals surface area contributed by atoms with Gasteiger partial charge in [-0.05, 0) is 24.3 Å². The van der Waals surface area contributed by atoms with Gasteiger partial charge in [0.05, 0.1) is 28.5 Å². The molecule has 1 N–H and O–H groups in total. The summed E-state index contributed by atoms with van der Waals surface area (Å²) >= 11 is 13.5. The van der Waals surface area contributed by atoms with Crippen molar-refractivity contribution in [2.45, 2.75) is 0 Å². The number of rotatable bonds is 4. The molecule has 0 aliphatic rings. The summed E-state index contributed by atoms with van der Waals surface area (Å²) in [6.07, 6.45) is 0. The minimum Gasteiger partial charge on any atom is -0.495 e. The number of benzene rings is 2. The van der Waals surface area contributed by atoms with E-state index in [-0.39, 0.29) is 0 Å². The van der Waals surface area contributed by atoms with Gasteiger partial charge in [-0.3, -0.25) is 0 Å². The van der Waals surface area contributed by atoms with Gasteiger partial charge in [0, 0.05) is 10.9 Å². The second-order valence-corrected chi connectivity index (χ2v) is 6.16. The predicted octanol–water partition coefficient (Wildman–Crippen LogP) is 5.87. The molecule has 3 nitrogen and oxygen atoms in total. The van der Waals surface area contributed by atoms with Crippen LogP contribution in [0.2, 0.25) is 10.0 Å². The first-order valence-electron chi connectivity index (χ1n) is 6.48. The normalized spacial score (nSPS) is 10.5. The Morgan fingerprint density at radius 3 is 2.68 bits per heavy atom. The van der Waals surface area contributed by atoms with Gasteiger partial charge in [-0.15, -0.1) is 11.3 Å². The maximum Gasteiger partial charge on any atom is 0.187 e. The van der Waals surface area contributed by atoms with E-state index in [0.29, 0.717) is 10.0 Å². The van der Waals surface area contributed by atoms with Crippen LogP contribution >= 0.6 is 34.5 Å². The third kappa shape index (κ3) is 3.19. The largest absolute Gasteiger partial charge is 0.495 e. The number of anilines is 2. The number of aromatic nitrogens is 1. The molecule has 0 unspecified atom stereocenters. The Bertz CT molecular complexity index is 804. The van der Waals surface area contributed by atoms with Crippen molar-refractivity contribution in [1.82, 2.24) is 4.98 Å². The molecule has 1 aromatic heterocycles. The van der Waals surface area contributed by atoms with Crippen LogP contribution in [0.25, 0.3) is 11.3 Å². The van der Waals surface area contributed by atoms with Gasteiger partial charge < -0.3 is 10.1 Å². The number of thiazole rings is 1. The van der Waals surface area contributed by atoms with Crippen LogP contribution in [0.5, 0.6) is 5.75 Å². The average Bonchev–Trinajstić information content (AvgIpc) is 2.99. The summed E-state index contributed by atoms with van der Waals surface area (Å²) in [5, 5.41) is 7.07. The lowest BCUT2D eigenvalue weighted by atomic mass is 10.2. The molecule has 22 heavy (non-hydrogen) atoms. The van der Waals surface area contributed by atoms with E-state index in [2.05, 4.69) is 10.3 Å². The molecule has 3 aromatic rings. The lowest BCUT2D eigenvalue weighted by Gasteiger charge is -2.08. The summed E-state index contributed by atoms with van der Waals surface area (Å²) < 4.78 is 5.32. The second-order valence-electron chi connectivity index (χ2n) is 4.49. The molecular weight excluding hydrogens is 339 g/mol. The Morgan fingerprint density at radius 2 is 1.91 bits per heavy atom. The number of methoxy groups -OCH3 is 1. The minimum absolute atomic E-state index is 0.520. The SMILES string of the molecule is COc1ccccc1Nc1nc(-c2ccc(Cl)c(Cl)c2)cs1. The standard InChI is InChI=1S/C16H12Cl2N2OS/c1-21-15-5-3-2-4-13(15)19-16-20-14(9-22-16)10-6-7-11(17)12(18)8-10/h2-9H,1H3,(H,19,20). The molecule has 0 aliphatic carbocycles. The second kappa shape index (κ2) is 6.57. The third-order valence-corrected chi connectivity index (χ3v) is 4.56. The number of para-hydroxylation sites is 2. The van der Waals surface area contributed by atoms with Crippen LogP contribution < -0.4 is 10.1 Å². The molecule has 0 fully saturated rings. The number of ether oxygens (including phenoxy) is 1. The number of hydrogen-bond donors (Lipinski definition) is 1. The molecule has 0 spiro atoms. The molecule has 112 valence electrons. The Morgan fingerprint density at radius 1 is 1.09 bits per heavy atom. The molecule has 0 bridgehead atoms. The van der Waals surface area contributed by atoms with Gasteiger partial charge in [0.25, 0.3) is 0 Å². The van der Waals surface area contributed by atoms with Crippen LogP contribution in [0.1, 0.15) is 0 Å². The molecule has 2 aromatic carbocycles. The first-order chi connectivity index (χ1) is 10.7. The predicted molar refractivity (Wildman–Crippen MR) is 93.8 cm³/mol. The van der Waals surface area contributed by atoms with Crippen molar-refractivity contribution >= 4 is 45.4 Å². The topological polar surface area (TPSA) is 34.1 Å². The summed E-state index contributed by atoms with van der Waals surface area (Å²) in [5.74, 6) is 0.772. The van der Waals surface area contributed by atoms with Crippen molar-refractivity contribution in [3.05, 3.63) is 57.9 Å². The Hall–Kier alpha value is -1.75. The lowest BCUT2D eigenvalue weighted by molar-refractivity contribution is 0.417. The number of nitrogens with zero attached hydrogens (tertiary/aromatic N) is 1. The zero-order valence-electron chi connectivity index (χ0n) is 11.6. The zero-order valence-corrected chi connectivity index (χ0v) is 14.0. The smallest absolute Gasteiger partial charge is 0.187 e. The Labute approximate surface area is 142 Å². The zero-order chi connectivity index (χ0) is 15.5. The highest BCUT2D eigenvalue weighted by Crippen LogP contribution is 2.33. The molecule has 0 atom stereocenters. The van der Waals surface area contributed by atoms with Crippen molar-refractivity contribution in [3.63, 3.8) is 0 Å². The van der Waals surface area contributed by atoms with Crippen molar-refractivity contribution in [1.29, 1.82) is 0 Å². The molecule has 1 heterocycles.